The highest BCUT2D eigenvalue weighted by atomic mass is 32.5. The van der Waals surface area contributed by atoms with Gasteiger partial charge in [-0.1, -0.05) is 0 Å². The minimum atomic E-state index is -4.28. The zero-order valence-corrected chi connectivity index (χ0v) is 23.7. The highest BCUT2D eigenvalue weighted by molar-refractivity contribution is 8.07. The van der Waals surface area contributed by atoms with Crippen molar-refractivity contribution in [1.29, 1.82) is 5.26 Å². The lowest BCUT2D eigenvalue weighted by atomic mass is 10.1. The molecule has 4 heterocycles. The summed E-state index contributed by atoms with van der Waals surface area (Å²) in [5.41, 5.74) is -3.16. The Morgan fingerprint density at radius 1 is 0.977 bits per heavy atom. The fourth-order valence-electron chi connectivity index (χ4n) is 4.39. The van der Waals surface area contributed by atoms with Gasteiger partial charge < -0.3 is 43.7 Å². The molecule has 9 atom stereocenters. The molecule has 0 bridgehead atoms. The first kappa shape index (κ1) is 33.0. The number of nitrogens with one attached hydrogen (secondary N) is 2. The van der Waals surface area contributed by atoms with Crippen molar-refractivity contribution in [3.05, 3.63) is 66.2 Å². The van der Waals surface area contributed by atoms with Gasteiger partial charge in [0.2, 0.25) is 0 Å². The molecule has 236 valence electrons. The molecule has 0 aromatic carbocycles. The van der Waals surface area contributed by atoms with E-state index in [1.165, 1.54) is 0 Å². The number of aliphatic hydroxyl groups excluding tert-OH is 3. The summed E-state index contributed by atoms with van der Waals surface area (Å²) in [6, 6.07) is 3.94. The van der Waals surface area contributed by atoms with Crippen LogP contribution in [0.1, 0.15) is 18.9 Å². The maximum atomic E-state index is 12.5. The van der Waals surface area contributed by atoms with E-state index >= 15 is 0 Å². The molecule has 0 amide bonds. The van der Waals surface area contributed by atoms with Crippen molar-refractivity contribution in [1.82, 2.24) is 19.1 Å². The molecule has 2 aromatic rings. The molecule has 4 rings (SSSR count). The molecule has 2 saturated heterocycles. The van der Waals surface area contributed by atoms with Gasteiger partial charge in [0.1, 0.15) is 43.4 Å². The number of hydrogen-bond donors (Lipinski definition) is 6. The molecule has 2 aliphatic heterocycles. The maximum Gasteiger partial charge on any atom is 0.330 e. The Balaban J connectivity index is 1.49. The summed E-state index contributed by atoms with van der Waals surface area (Å²) >= 11 is 5.11. The van der Waals surface area contributed by atoms with E-state index in [1.807, 2.05) is 11.1 Å². The lowest BCUT2D eigenvalue weighted by Crippen LogP contribution is -2.41. The van der Waals surface area contributed by atoms with Gasteiger partial charge in [-0.3, -0.25) is 33.2 Å². The Hall–Kier alpha value is -2.90. The van der Waals surface area contributed by atoms with Crippen molar-refractivity contribution in [3.63, 3.8) is 0 Å². The second kappa shape index (κ2) is 14.3. The van der Waals surface area contributed by atoms with Crippen LogP contribution in [0.4, 0.5) is 0 Å². The zero-order valence-electron chi connectivity index (χ0n) is 22.0. The standard InChI is InChI=1S/C22H28N5O14PS/c23-4-1-7-36-10-37-18-17(11(8-28)39-20(18)27-6-3-14(30)25-22(27)34)41-42(35,43)38-9-12-15(31)16(32)19(40-12)26-5-2-13(29)24-21(26)33/h2-3,5-6,11-12,15-20,28,31-32H,1,7-10H2,(H,35,43)(H,24,29,33)(H,25,30,34)/t11-,12-,15-,16-,17-,18-,19-,20-,42?/m1/s1. The van der Waals surface area contributed by atoms with Gasteiger partial charge in [-0.05, 0) is 11.8 Å². The van der Waals surface area contributed by atoms with Crippen molar-refractivity contribution in [2.45, 2.75) is 55.5 Å². The minimum Gasteiger partial charge on any atom is -0.394 e. The summed E-state index contributed by atoms with van der Waals surface area (Å²) in [5, 5.41) is 39.5. The van der Waals surface area contributed by atoms with E-state index in [0.717, 1.165) is 33.7 Å². The lowest BCUT2D eigenvalue weighted by Gasteiger charge is -2.28. The van der Waals surface area contributed by atoms with Gasteiger partial charge in [-0.15, -0.1) is 0 Å². The van der Waals surface area contributed by atoms with Gasteiger partial charge in [0.15, 0.2) is 12.5 Å². The molecule has 43 heavy (non-hydrogen) atoms. The van der Waals surface area contributed by atoms with Crippen LogP contribution in [0.3, 0.4) is 0 Å². The van der Waals surface area contributed by atoms with Gasteiger partial charge in [0.25, 0.3) is 11.1 Å². The molecular formula is C22H28N5O14PS. The van der Waals surface area contributed by atoms with E-state index in [1.54, 1.807) is 0 Å². The highest BCUT2D eigenvalue weighted by Gasteiger charge is 2.50. The Kier molecular flexibility index (Phi) is 10.9. The third-order valence-corrected chi connectivity index (χ3v) is 7.97. The number of nitrogens with zero attached hydrogens (tertiary/aromatic N) is 3. The molecule has 19 nitrogen and oxygen atoms in total. The minimum absolute atomic E-state index is 0.00509. The number of aromatic amines is 2. The Morgan fingerprint density at radius 3 is 2.16 bits per heavy atom. The summed E-state index contributed by atoms with van der Waals surface area (Å²) in [5.74, 6) is 0. The van der Waals surface area contributed by atoms with Gasteiger partial charge in [0, 0.05) is 24.5 Å². The monoisotopic (exact) mass is 649 g/mol. The lowest BCUT2D eigenvalue weighted by molar-refractivity contribution is -0.138. The van der Waals surface area contributed by atoms with Crippen LogP contribution in [0.15, 0.2) is 43.7 Å². The quantitative estimate of drug-likeness (QED) is 0.0697. The van der Waals surface area contributed by atoms with Crippen molar-refractivity contribution < 1.29 is 48.2 Å². The smallest absolute Gasteiger partial charge is 0.330 e. The highest BCUT2D eigenvalue weighted by Crippen LogP contribution is 2.50. The van der Waals surface area contributed by atoms with E-state index in [-0.39, 0.29) is 13.0 Å². The predicted molar refractivity (Wildman–Crippen MR) is 143 cm³/mol. The Morgan fingerprint density at radius 2 is 1.58 bits per heavy atom. The normalized spacial score (nSPS) is 30.2. The average molecular weight is 650 g/mol. The zero-order chi connectivity index (χ0) is 31.3. The van der Waals surface area contributed by atoms with Crippen LogP contribution in [0.25, 0.3) is 0 Å². The fraction of sp³-hybridized carbons (Fsp3) is 0.591. The first-order chi connectivity index (χ1) is 20.5. The number of ether oxygens (including phenoxy) is 4. The molecule has 6 N–H and O–H groups in total. The number of H-pyrrole nitrogens is 2. The molecule has 2 fully saturated rings. The van der Waals surface area contributed by atoms with E-state index in [4.69, 9.17) is 45.1 Å². The summed E-state index contributed by atoms with van der Waals surface area (Å²) < 4.78 is 35.0. The van der Waals surface area contributed by atoms with E-state index in [2.05, 4.69) is 4.98 Å². The number of aromatic nitrogens is 4. The Bertz CT molecular complexity index is 1590. The summed E-state index contributed by atoms with van der Waals surface area (Å²) in [6.45, 7) is -6.04. The number of aliphatic hydroxyl groups is 3. The van der Waals surface area contributed by atoms with Crippen LogP contribution >= 0.6 is 6.72 Å². The van der Waals surface area contributed by atoms with Crippen LogP contribution in [-0.4, -0.2) is 103 Å². The molecule has 0 aliphatic carbocycles. The third kappa shape index (κ3) is 7.79. The van der Waals surface area contributed by atoms with Crippen LogP contribution in [0.5, 0.6) is 0 Å². The van der Waals surface area contributed by atoms with Gasteiger partial charge in [-0.2, -0.15) is 5.26 Å². The molecule has 21 heteroatoms. The van der Waals surface area contributed by atoms with Crippen molar-refractivity contribution in [2.75, 3.05) is 26.6 Å². The number of hydrogen-bond acceptors (Lipinski definition) is 15. The number of nitriles is 1. The predicted octanol–water partition coefficient (Wildman–Crippen LogP) is -3.51. The van der Waals surface area contributed by atoms with E-state index < -0.39 is 98.3 Å². The topological polar surface area (TPSA) is 270 Å². The average Bonchev–Trinajstić information content (AvgIpc) is 3.43. The van der Waals surface area contributed by atoms with Crippen LogP contribution in [-0.2, 0) is 39.8 Å². The van der Waals surface area contributed by atoms with Gasteiger partial charge in [0.05, 0.1) is 32.3 Å². The molecule has 0 radical (unpaired) electrons. The maximum absolute atomic E-state index is 12.5. The molecule has 1 unspecified atom stereocenters. The van der Waals surface area contributed by atoms with Crippen LogP contribution in [0.2, 0.25) is 0 Å². The third-order valence-electron chi connectivity index (χ3n) is 6.41. The first-order valence-corrected chi connectivity index (χ1v) is 15.2. The van der Waals surface area contributed by atoms with E-state index in [9.17, 15) is 39.4 Å². The van der Waals surface area contributed by atoms with Crippen molar-refractivity contribution in [3.8, 4) is 6.07 Å². The van der Waals surface area contributed by atoms with Crippen LogP contribution in [0, 0.1) is 11.3 Å². The molecule has 2 aromatic heterocycles. The second-order valence-corrected chi connectivity index (χ2v) is 12.0. The summed E-state index contributed by atoms with van der Waals surface area (Å²) in [7, 11) is 0. The molecule has 2 aliphatic rings. The summed E-state index contributed by atoms with van der Waals surface area (Å²) in [6.07, 6.45) is -8.96. The first-order valence-electron chi connectivity index (χ1n) is 12.6. The van der Waals surface area contributed by atoms with Crippen molar-refractivity contribution >= 4 is 18.5 Å². The van der Waals surface area contributed by atoms with Gasteiger partial charge >= 0.3 is 18.1 Å². The Labute approximate surface area is 245 Å². The number of rotatable bonds is 13. The molecular weight excluding hydrogens is 621 g/mol. The fourth-order valence-corrected chi connectivity index (χ4v) is 5.83. The molecule has 0 spiro atoms. The largest absolute Gasteiger partial charge is 0.394 e. The summed E-state index contributed by atoms with van der Waals surface area (Å²) in [4.78, 5) is 62.4. The molecule has 0 saturated carbocycles. The second-order valence-electron chi connectivity index (χ2n) is 9.23. The van der Waals surface area contributed by atoms with Crippen LogP contribution < -0.4 is 22.5 Å². The van der Waals surface area contributed by atoms with Gasteiger partial charge in [-0.25, -0.2) is 9.59 Å². The SMILES string of the molecule is N#CCCOCO[C@@H]1[C@H](OP(O)(=S)OC[C@H]2O[C@@H](n3ccc(=O)[nH]c3=O)[C@H](O)[C@@H]2O)[C@@H](CO)O[C@H]1n1ccc(=O)[nH]c1=O. The van der Waals surface area contributed by atoms with E-state index in [0.29, 0.717) is 0 Å². The van der Waals surface area contributed by atoms with Crippen molar-refractivity contribution in [2.24, 2.45) is 0 Å².